The first-order valence-corrected chi connectivity index (χ1v) is 10.2. The van der Waals surface area contributed by atoms with Crippen LogP contribution >= 0.6 is 24.0 Å². The zero-order chi connectivity index (χ0) is 16.9. The second-order valence-corrected chi connectivity index (χ2v) is 8.39. The van der Waals surface area contributed by atoms with E-state index in [1.165, 1.54) is 51.4 Å². The summed E-state index contributed by atoms with van der Waals surface area (Å²) in [5.74, 6) is 1.90. The molecule has 2 fully saturated rings. The zero-order valence-corrected chi connectivity index (χ0v) is 16.9. The molecular formula is C21H33Cl2NO. The van der Waals surface area contributed by atoms with Crippen molar-refractivity contribution in [2.75, 3.05) is 13.1 Å². The summed E-state index contributed by atoms with van der Waals surface area (Å²) in [7, 11) is 0. The van der Waals surface area contributed by atoms with Crippen LogP contribution in [0.4, 0.5) is 0 Å². The normalized spacial score (nSPS) is 23.0. The summed E-state index contributed by atoms with van der Waals surface area (Å²) in [6.07, 6.45) is 10.9. The van der Waals surface area contributed by atoms with E-state index in [0.717, 1.165) is 35.5 Å². The predicted molar refractivity (Wildman–Crippen MR) is 109 cm³/mol. The van der Waals surface area contributed by atoms with Gasteiger partial charge in [-0.2, -0.15) is 0 Å². The number of halogens is 2. The number of likely N-dealkylation sites (tertiary alicyclic amines) is 1. The monoisotopic (exact) mass is 385 g/mol. The largest absolute Gasteiger partial charge is 0.387 e. The van der Waals surface area contributed by atoms with Crippen molar-refractivity contribution in [2.24, 2.45) is 11.8 Å². The van der Waals surface area contributed by atoms with Crippen LogP contribution in [0.1, 0.15) is 70.0 Å². The minimum atomic E-state index is -0.433. The Kier molecular flexibility index (Phi) is 8.54. The molecule has 1 N–H and O–H groups in total. The first kappa shape index (κ1) is 21.0. The summed E-state index contributed by atoms with van der Waals surface area (Å²) in [5.41, 5.74) is 0.969. The lowest BCUT2D eigenvalue weighted by Gasteiger charge is -2.39. The highest BCUT2D eigenvalue weighted by atomic mass is 35.5. The third kappa shape index (κ3) is 5.85. The van der Waals surface area contributed by atoms with Gasteiger partial charge in [0.15, 0.2) is 0 Å². The van der Waals surface area contributed by atoms with Gasteiger partial charge in [0.25, 0.3) is 0 Å². The number of hydrogen-bond donors (Lipinski definition) is 1. The summed E-state index contributed by atoms with van der Waals surface area (Å²) in [6.45, 7) is 4.41. The number of rotatable bonds is 5. The standard InChI is InChI=1S/C21H32ClNO.ClH/c1-16(21(24)19-7-9-20(22)10-8-19)23-13-11-18(12-14-23)15-17-5-3-2-4-6-17;/h7-10,16-18,21,24H,2-6,11-15H2,1H3;1H. The fourth-order valence-corrected chi connectivity index (χ4v) is 4.75. The molecule has 2 aliphatic rings. The van der Waals surface area contributed by atoms with Gasteiger partial charge < -0.3 is 5.11 Å². The second-order valence-electron chi connectivity index (χ2n) is 7.96. The third-order valence-electron chi connectivity index (χ3n) is 6.28. The Labute approximate surface area is 164 Å². The van der Waals surface area contributed by atoms with Crippen molar-refractivity contribution in [3.8, 4) is 0 Å². The van der Waals surface area contributed by atoms with Crippen molar-refractivity contribution in [1.29, 1.82) is 0 Å². The average molecular weight is 386 g/mol. The lowest BCUT2D eigenvalue weighted by atomic mass is 9.79. The maximum atomic E-state index is 10.7. The Hall–Kier alpha value is -0.280. The minimum Gasteiger partial charge on any atom is -0.387 e. The predicted octanol–water partition coefficient (Wildman–Crippen LogP) is 5.87. The molecule has 2 unspecified atom stereocenters. The van der Waals surface area contributed by atoms with Crippen LogP contribution in [0.2, 0.25) is 5.02 Å². The summed E-state index contributed by atoms with van der Waals surface area (Å²) < 4.78 is 0. The molecule has 2 nitrogen and oxygen atoms in total. The van der Waals surface area contributed by atoms with Crippen LogP contribution in [0.25, 0.3) is 0 Å². The van der Waals surface area contributed by atoms with Crippen molar-refractivity contribution in [3.63, 3.8) is 0 Å². The molecule has 142 valence electrons. The van der Waals surface area contributed by atoms with Gasteiger partial charge in [0.1, 0.15) is 0 Å². The van der Waals surface area contributed by atoms with E-state index in [2.05, 4.69) is 11.8 Å². The summed E-state index contributed by atoms with van der Waals surface area (Å²) in [6, 6.07) is 7.78. The molecular weight excluding hydrogens is 353 g/mol. The Morgan fingerprint density at radius 2 is 1.56 bits per heavy atom. The van der Waals surface area contributed by atoms with Crippen LogP contribution in [0.15, 0.2) is 24.3 Å². The van der Waals surface area contributed by atoms with Gasteiger partial charge in [-0.15, -0.1) is 12.4 Å². The molecule has 1 aromatic carbocycles. The van der Waals surface area contributed by atoms with Gasteiger partial charge in [0.05, 0.1) is 6.10 Å². The summed E-state index contributed by atoms with van der Waals surface area (Å²) in [4.78, 5) is 2.47. The SMILES string of the molecule is CC(C(O)c1ccc(Cl)cc1)N1CCC(CC2CCCCC2)CC1.Cl. The smallest absolute Gasteiger partial charge is 0.0942 e. The summed E-state index contributed by atoms with van der Waals surface area (Å²) in [5, 5.41) is 11.4. The van der Waals surface area contributed by atoms with Crippen molar-refractivity contribution in [1.82, 2.24) is 4.90 Å². The van der Waals surface area contributed by atoms with Crippen LogP contribution < -0.4 is 0 Å². The van der Waals surface area contributed by atoms with Crippen LogP contribution in [-0.2, 0) is 0 Å². The Morgan fingerprint density at radius 3 is 2.16 bits per heavy atom. The number of aliphatic hydroxyl groups is 1. The Balaban J connectivity index is 0.00000225. The van der Waals surface area contributed by atoms with Crippen molar-refractivity contribution >= 4 is 24.0 Å². The number of nitrogens with zero attached hydrogens (tertiary/aromatic N) is 1. The molecule has 25 heavy (non-hydrogen) atoms. The van der Waals surface area contributed by atoms with Crippen LogP contribution in [-0.4, -0.2) is 29.1 Å². The molecule has 3 rings (SSSR count). The van der Waals surface area contributed by atoms with E-state index in [4.69, 9.17) is 11.6 Å². The highest BCUT2D eigenvalue weighted by Crippen LogP contribution is 2.34. The highest BCUT2D eigenvalue weighted by molar-refractivity contribution is 6.30. The molecule has 0 spiro atoms. The number of piperidine rings is 1. The third-order valence-corrected chi connectivity index (χ3v) is 6.54. The molecule has 4 heteroatoms. The molecule has 1 saturated carbocycles. The summed E-state index contributed by atoms with van der Waals surface area (Å²) >= 11 is 5.95. The number of benzene rings is 1. The van der Waals surface area contributed by atoms with E-state index in [0.29, 0.717) is 0 Å². The van der Waals surface area contributed by atoms with Gasteiger partial charge in [0.2, 0.25) is 0 Å². The van der Waals surface area contributed by atoms with E-state index in [9.17, 15) is 5.11 Å². The van der Waals surface area contributed by atoms with E-state index < -0.39 is 6.10 Å². The van der Waals surface area contributed by atoms with E-state index in [-0.39, 0.29) is 18.4 Å². The van der Waals surface area contributed by atoms with E-state index in [1.54, 1.807) is 0 Å². The molecule has 1 aromatic rings. The highest BCUT2D eigenvalue weighted by Gasteiger charge is 2.28. The molecule has 1 aliphatic carbocycles. The molecule has 2 atom stereocenters. The minimum absolute atomic E-state index is 0. The van der Waals surface area contributed by atoms with Crippen molar-refractivity contribution < 1.29 is 5.11 Å². The molecule has 1 heterocycles. The lowest BCUT2D eigenvalue weighted by molar-refractivity contribution is 0.0338. The lowest BCUT2D eigenvalue weighted by Crippen LogP contribution is -2.43. The van der Waals surface area contributed by atoms with Gasteiger partial charge >= 0.3 is 0 Å². The van der Waals surface area contributed by atoms with E-state index in [1.807, 2.05) is 24.3 Å². The molecule has 1 saturated heterocycles. The van der Waals surface area contributed by atoms with Crippen molar-refractivity contribution in [3.05, 3.63) is 34.9 Å². The first-order chi connectivity index (χ1) is 11.6. The quantitative estimate of drug-likeness (QED) is 0.685. The number of aliphatic hydroxyl groups excluding tert-OH is 1. The van der Waals surface area contributed by atoms with Crippen LogP contribution in [0, 0.1) is 11.8 Å². The van der Waals surface area contributed by atoms with Gasteiger partial charge in [-0.3, -0.25) is 4.90 Å². The fraction of sp³-hybridized carbons (Fsp3) is 0.714. The van der Waals surface area contributed by atoms with Crippen LogP contribution in [0.3, 0.4) is 0 Å². The molecule has 0 aromatic heterocycles. The topological polar surface area (TPSA) is 23.5 Å². The maximum Gasteiger partial charge on any atom is 0.0942 e. The van der Waals surface area contributed by atoms with Gasteiger partial charge in [-0.05, 0) is 68.8 Å². The van der Waals surface area contributed by atoms with Gasteiger partial charge in [0, 0.05) is 11.1 Å². The molecule has 0 amide bonds. The zero-order valence-electron chi connectivity index (χ0n) is 15.4. The van der Waals surface area contributed by atoms with Crippen molar-refractivity contribution in [2.45, 2.75) is 70.4 Å². The first-order valence-electron chi connectivity index (χ1n) is 9.81. The molecule has 0 bridgehead atoms. The number of hydrogen-bond acceptors (Lipinski definition) is 2. The van der Waals surface area contributed by atoms with Gasteiger partial charge in [-0.25, -0.2) is 0 Å². The molecule has 1 aliphatic heterocycles. The maximum absolute atomic E-state index is 10.7. The average Bonchev–Trinajstić information content (AvgIpc) is 2.63. The Morgan fingerprint density at radius 1 is 1.00 bits per heavy atom. The Bertz CT molecular complexity index is 493. The van der Waals surface area contributed by atoms with Crippen LogP contribution in [0.5, 0.6) is 0 Å². The van der Waals surface area contributed by atoms with E-state index >= 15 is 0 Å². The second kappa shape index (κ2) is 10.2. The van der Waals surface area contributed by atoms with Gasteiger partial charge in [-0.1, -0.05) is 55.8 Å². The fourth-order valence-electron chi connectivity index (χ4n) is 4.63. The molecule has 0 radical (unpaired) electrons.